The molecule has 2 unspecified atom stereocenters. The average Bonchev–Trinajstić information content (AvgIpc) is 1.82. The minimum Gasteiger partial charge on any atom is -0.379 e. The third-order valence-corrected chi connectivity index (χ3v) is 20.0. The number of carbonyl (C=O) groups excluding carboxylic acids is 8. The molecule has 516 valence electrons. The van der Waals surface area contributed by atoms with Crippen LogP contribution in [0, 0.1) is 23.7 Å². The predicted octanol–water partition coefficient (Wildman–Crippen LogP) is 8.54. The van der Waals surface area contributed by atoms with Crippen molar-refractivity contribution in [1.29, 1.82) is 0 Å². The maximum Gasteiger partial charge on any atom is 0.246 e. The summed E-state index contributed by atoms with van der Waals surface area (Å²) in [4.78, 5) is 118. The average molecular weight is 1310 g/mol. The molecule has 0 bridgehead atoms. The van der Waals surface area contributed by atoms with E-state index in [2.05, 4.69) is 31.9 Å². The van der Waals surface area contributed by atoms with Crippen molar-refractivity contribution in [2.75, 3.05) is 72.9 Å². The number of Topliss-reactive ketones (excluding diaryl/α,β-unsaturated/α-hetero) is 1. The maximum atomic E-state index is 14.7. The summed E-state index contributed by atoms with van der Waals surface area (Å²) in [5.74, 6) is -3.85. The van der Waals surface area contributed by atoms with Crippen LogP contribution in [0.3, 0.4) is 0 Å². The molecule has 2 aliphatic heterocycles. The van der Waals surface area contributed by atoms with Gasteiger partial charge in [-0.15, -0.1) is 0 Å². The lowest BCUT2D eigenvalue weighted by Crippen LogP contribution is -2.59. The fraction of sp³-hybridized carbons (Fsp3) is 0.579. The lowest BCUT2D eigenvalue weighted by Gasteiger charge is -2.36. The molecule has 2 saturated carbocycles. The van der Waals surface area contributed by atoms with Crippen LogP contribution < -0.4 is 31.9 Å². The van der Waals surface area contributed by atoms with Gasteiger partial charge in [0.05, 0.1) is 32.5 Å². The van der Waals surface area contributed by atoms with Gasteiger partial charge in [0.25, 0.3) is 0 Å². The zero-order chi connectivity index (χ0) is 67.3. The highest BCUT2D eigenvalue weighted by molar-refractivity contribution is 5.97. The van der Waals surface area contributed by atoms with Crippen molar-refractivity contribution >= 4 is 47.1 Å². The summed E-state index contributed by atoms with van der Waals surface area (Å²) in [5.41, 5.74) is 3.39. The van der Waals surface area contributed by atoms with Crippen molar-refractivity contribution in [2.45, 2.75) is 184 Å². The molecular formula is C76H106N8O11. The summed E-state index contributed by atoms with van der Waals surface area (Å²) >= 11 is 0. The standard InChI is InChI=1S/C76H106N8O11/c1-5-53(2)70(86)80-67(60-38-22-11-23-39-60)76(92)84-45-25-41-63(84)72(88)82-69(66(58-34-18-9-19-35-58)59-36-20-10-21-37-59)74(90)79-43-27-47-94-49-51-95-50-48-93-46-26-42-78-73(89)68(65(56-30-14-7-15-31-56)57-32-16-8-17-33-57)81-71(87)62-40-24-44-83(62)75(91)61(52-64(85)54(3)77-4)55-28-12-6-13-29-55/h7-10,14-21,30-37,53-55,60-63,65-69,77H,5-6,11-13,22-29,38-52H2,1-4H3,(H,78,89)(H,79,90)(H,80,86)(H,81,87)(H,82,88)/t53-,54-,61+,62?,63?,67+,68+,69+/m1/s1. The number of benzene rings is 4. The van der Waals surface area contributed by atoms with Gasteiger partial charge in [-0.2, -0.15) is 0 Å². The first kappa shape index (κ1) is 73.5. The van der Waals surface area contributed by atoms with Crippen LogP contribution in [0.15, 0.2) is 121 Å². The molecule has 19 nitrogen and oxygen atoms in total. The third kappa shape index (κ3) is 21.3. The summed E-state index contributed by atoms with van der Waals surface area (Å²) in [5, 5.41) is 18.6. The Labute approximate surface area is 563 Å². The van der Waals surface area contributed by atoms with Crippen molar-refractivity contribution < 1.29 is 52.6 Å². The van der Waals surface area contributed by atoms with E-state index in [1.807, 2.05) is 142 Å². The van der Waals surface area contributed by atoms with Gasteiger partial charge in [0.15, 0.2) is 0 Å². The molecule has 19 heteroatoms. The molecule has 2 heterocycles. The molecule has 8 atom stereocenters. The van der Waals surface area contributed by atoms with Crippen LogP contribution in [0.2, 0.25) is 0 Å². The van der Waals surface area contributed by atoms with Gasteiger partial charge < -0.3 is 55.9 Å². The van der Waals surface area contributed by atoms with E-state index in [0.717, 1.165) is 86.5 Å². The van der Waals surface area contributed by atoms with Crippen LogP contribution in [-0.4, -0.2) is 166 Å². The minimum absolute atomic E-state index is 0.0102. The number of hydrogen-bond donors (Lipinski definition) is 6. The molecule has 8 rings (SSSR count). The molecule has 7 amide bonds. The monoisotopic (exact) mass is 1310 g/mol. The second kappa shape index (κ2) is 39.0. The van der Waals surface area contributed by atoms with Crippen LogP contribution in [-0.2, 0) is 52.6 Å². The number of hydrogen-bond acceptors (Lipinski definition) is 12. The molecule has 6 N–H and O–H groups in total. The fourth-order valence-electron chi connectivity index (χ4n) is 14.3. The van der Waals surface area contributed by atoms with E-state index in [-0.39, 0.29) is 84.5 Å². The number of amides is 7. The Hall–Kier alpha value is -7.32. The lowest BCUT2D eigenvalue weighted by molar-refractivity contribution is -0.145. The first-order valence-electron chi connectivity index (χ1n) is 35.5. The molecule has 0 aromatic heterocycles. The molecule has 4 aromatic rings. The zero-order valence-electron chi connectivity index (χ0n) is 56.7. The Morgan fingerprint density at radius 3 is 1.25 bits per heavy atom. The highest BCUT2D eigenvalue weighted by Gasteiger charge is 2.45. The second-order valence-corrected chi connectivity index (χ2v) is 26.5. The molecule has 0 spiro atoms. The van der Waals surface area contributed by atoms with Gasteiger partial charge in [0.1, 0.15) is 36.0 Å². The predicted molar refractivity (Wildman–Crippen MR) is 367 cm³/mol. The first-order chi connectivity index (χ1) is 46.3. The Kier molecular flexibility index (Phi) is 30.2. The number of nitrogens with zero attached hydrogens (tertiary/aromatic N) is 2. The molecular weight excluding hydrogens is 1200 g/mol. The topological polar surface area (TPSA) is 243 Å². The highest BCUT2D eigenvalue weighted by atomic mass is 16.5. The van der Waals surface area contributed by atoms with Gasteiger partial charge in [-0.25, -0.2) is 0 Å². The van der Waals surface area contributed by atoms with E-state index in [9.17, 15) is 38.4 Å². The van der Waals surface area contributed by atoms with Crippen LogP contribution in [0.4, 0.5) is 0 Å². The van der Waals surface area contributed by atoms with Gasteiger partial charge in [-0.1, -0.05) is 174 Å². The number of ketones is 1. The molecule has 95 heavy (non-hydrogen) atoms. The van der Waals surface area contributed by atoms with E-state index < -0.39 is 53.9 Å². The van der Waals surface area contributed by atoms with E-state index in [4.69, 9.17) is 14.2 Å². The zero-order valence-corrected chi connectivity index (χ0v) is 56.7. The molecule has 4 aliphatic rings. The second-order valence-electron chi connectivity index (χ2n) is 26.5. The molecule has 0 radical (unpaired) electrons. The Balaban J connectivity index is 0.792. The Morgan fingerprint density at radius 1 is 0.463 bits per heavy atom. The van der Waals surface area contributed by atoms with Crippen LogP contribution in [0.25, 0.3) is 0 Å². The van der Waals surface area contributed by atoms with E-state index in [0.29, 0.717) is 97.7 Å². The van der Waals surface area contributed by atoms with Crippen LogP contribution in [0.5, 0.6) is 0 Å². The molecule has 4 fully saturated rings. The Bertz CT molecular complexity index is 2740. The van der Waals surface area contributed by atoms with E-state index in [1.54, 1.807) is 16.8 Å². The highest BCUT2D eigenvalue weighted by Crippen LogP contribution is 2.37. The smallest absolute Gasteiger partial charge is 0.246 e. The molecule has 4 aromatic carbocycles. The number of rotatable bonds is 37. The molecule has 2 aliphatic carbocycles. The summed E-state index contributed by atoms with van der Waals surface area (Å²) in [6.07, 6.45) is 13.6. The summed E-state index contributed by atoms with van der Waals surface area (Å²) in [6.45, 7) is 8.98. The van der Waals surface area contributed by atoms with Gasteiger partial charge in [0, 0.05) is 69.5 Å². The summed E-state index contributed by atoms with van der Waals surface area (Å²) in [6, 6.07) is 33.9. The number of likely N-dealkylation sites (N-methyl/N-ethyl adjacent to an activating group) is 1. The maximum absolute atomic E-state index is 14.7. The van der Waals surface area contributed by atoms with Crippen molar-refractivity contribution in [3.05, 3.63) is 144 Å². The lowest BCUT2D eigenvalue weighted by atomic mass is 9.76. The largest absolute Gasteiger partial charge is 0.379 e. The van der Waals surface area contributed by atoms with Gasteiger partial charge in [-0.05, 0) is 119 Å². The van der Waals surface area contributed by atoms with E-state index in [1.165, 1.54) is 0 Å². The van der Waals surface area contributed by atoms with Crippen LogP contribution >= 0.6 is 0 Å². The minimum atomic E-state index is -1.03. The summed E-state index contributed by atoms with van der Waals surface area (Å²) < 4.78 is 17.6. The number of likely N-dealkylation sites (tertiary alicyclic amines) is 2. The fourth-order valence-corrected chi connectivity index (χ4v) is 14.3. The normalized spacial score (nSPS) is 18.9. The van der Waals surface area contributed by atoms with Crippen molar-refractivity contribution in [3.63, 3.8) is 0 Å². The number of nitrogens with one attached hydrogen (secondary N) is 6. The van der Waals surface area contributed by atoms with Crippen molar-refractivity contribution in [2.24, 2.45) is 23.7 Å². The Morgan fingerprint density at radius 2 is 0.853 bits per heavy atom. The summed E-state index contributed by atoms with van der Waals surface area (Å²) in [7, 11) is 1.74. The van der Waals surface area contributed by atoms with Gasteiger partial charge in [0.2, 0.25) is 41.4 Å². The SMILES string of the molecule is CC[C@@H](C)C(=O)N[C@H](C(=O)N1CCCC1C(=O)N[C@H](C(=O)NCCCOCCOCCOCCCNC(=O)[C@@H](NC(=O)C1CCCN1C(=O)[C@@H](CC(=O)[C@@H](C)NC)C1CCCCC1)C(c1ccccc1)c1ccccc1)C(c1ccccc1)c1ccccc1)C1CCCCC1. The van der Waals surface area contributed by atoms with Crippen LogP contribution in [0.1, 0.15) is 170 Å². The van der Waals surface area contributed by atoms with E-state index >= 15 is 0 Å². The first-order valence-corrected chi connectivity index (χ1v) is 35.5. The van der Waals surface area contributed by atoms with Crippen molar-refractivity contribution in [1.82, 2.24) is 41.7 Å². The van der Waals surface area contributed by atoms with Gasteiger partial charge in [-0.3, -0.25) is 38.4 Å². The molecule has 2 saturated heterocycles. The number of ether oxygens (including phenoxy) is 3. The quantitative estimate of drug-likeness (QED) is 0.0233. The van der Waals surface area contributed by atoms with Crippen molar-refractivity contribution in [3.8, 4) is 0 Å². The number of carbonyl (C=O) groups is 8. The van der Waals surface area contributed by atoms with Gasteiger partial charge >= 0.3 is 0 Å². The third-order valence-electron chi connectivity index (χ3n) is 20.0.